The predicted molar refractivity (Wildman–Crippen MR) is 163 cm³/mol. The Morgan fingerprint density at radius 1 is 0.590 bits per heavy atom. The zero-order chi connectivity index (χ0) is 26.5. The molecule has 0 unspecified atom stereocenters. The number of rotatable bonds is 8. The first kappa shape index (κ1) is 24.7. The maximum absolute atomic E-state index is 6.61. The Kier molecular flexibility index (Phi) is 6.95. The highest BCUT2D eigenvalue weighted by atomic mass is 31.2. The van der Waals surface area contributed by atoms with E-state index in [2.05, 4.69) is 96.3 Å². The molecule has 0 fully saturated rings. The topological polar surface area (TPSA) is 47.3 Å². The second-order valence-corrected chi connectivity index (χ2v) is 12.4. The van der Waals surface area contributed by atoms with Gasteiger partial charge in [-0.1, -0.05) is 72.8 Å². The van der Waals surface area contributed by atoms with Crippen LogP contribution in [0.2, 0.25) is 0 Å². The fourth-order valence-electron chi connectivity index (χ4n) is 4.90. The van der Waals surface area contributed by atoms with Crippen molar-refractivity contribution >= 4 is 40.2 Å². The van der Waals surface area contributed by atoms with Crippen molar-refractivity contribution in [1.82, 2.24) is 4.98 Å². The lowest BCUT2D eigenvalue weighted by Gasteiger charge is -2.25. The molecule has 0 spiro atoms. The Balaban J connectivity index is 1.66. The number of hydrogen-bond acceptors (Lipinski definition) is 4. The second-order valence-electron chi connectivity index (χ2n) is 9.07. The number of methoxy groups -OCH3 is 1. The SMILES string of the molecule is COc1ccc(Nc2oc(-c3ccccc3)nc2[P+](c2ccccc2)(c2ccccc2)c2ccccc2)cc1. The summed E-state index contributed by atoms with van der Waals surface area (Å²) in [4.78, 5) is 5.31. The monoisotopic (exact) mass is 527 g/mol. The average molecular weight is 528 g/mol. The van der Waals surface area contributed by atoms with Crippen LogP contribution < -0.4 is 31.4 Å². The van der Waals surface area contributed by atoms with E-state index < -0.39 is 7.26 Å². The van der Waals surface area contributed by atoms with Crippen LogP contribution in [0.4, 0.5) is 11.6 Å². The fourth-order valence-corrected chi connectivity index (χ4v) is 9.03. The molecule has 0 saturated carbocycles. The van der Waals surface area contributed by atoms with Crippen LogP contribution in [-0.4, -0.2) is 12.1 Å². The number of benzene rings is 5. The van der Waals surface area contributed by atoms with Crippen LogP contribution in [0.15, 0.2) is 150 Å². The molecule has 6 aromatic rings. The van der Waals surface area contributed by atoms with Gasteiger partial charge in [0.2, 0.25) is 5.89 Å². The Morgan fingerprint density at radius 2 is 1.05 bits per heavy atom. The molecule has 5 aromatic carbocycles. The Hall–Kier alpha value is -4.66. The summed E-state index contributed by atoms with van der Waals surface area (Å²) in [6.07, 6.45) is 0. The van der Waals surface area contributed by atoms with Gasteiger partial charge in [0, 0.05) is 11.3 Å². The van der Waals surface area contributed by atoms with E-state index in [0.717, 1.165) is 22.4 Å². The molecule has 0 saturated heterocycles. The molecule has 4 nitrogen and oxygen atoms in total. The van der Waals surface area contributed by atoms with Crippen molar-refractivity contribution in [2.45, 2.75) is 0 Å². The van der Waals surface area contributed by atoms with E-state index in [1.165, 1.54) is 15.9 Å². The summed E-state index contributed by atoms with van der Waals surface area (Å²) in [6.45, 7) is 0. The maximum Gasteiger partial charge on any atom is 0.263 e. The van der Waals surface area contributed by atoms with Crippen LogP contribution in [0.3, 0.4) is 0 Å². The van der Waals surface area contributed by atoms with Crippen LogP contribution in [-0.2, 0) is 0 Å². The summed E-state index contributed by atoms with van der Waals surface area (Å²) in [7, 11) is -0.819. The maximum atomic E-state index is 6.61. The molecule has 6 rings (SSSR count). The van der Waals surface area contributed by atoms with Gasteiger partial charge in [-0.05, 0) is 72.8 Å². The van der Waals surface area contributed by atoms with Crippen molar-refractivity contribution in [2.24, 2.45) is 0 Å². The van der Waals surface area contributed by atoms with Crippen LogP contribution in [0.25, 0.3) is 11.5 Å². The van der Waals surface area contributed by atoms with Crippen LogP contribution >= 0.6 is 7.26 Å². The van der Waals surface area contributed by atoms with Gasteiger partial charge in [-0.15, -0.1) is 0 Å². The molecule has 5 heteroatoms. The molecule has 0 aliphatic heterocycles. The van der Waals surface area contributed by atoms with E-state index in [1.807, 2.05) is 54.6 Å². The molecule has 0 aliphatic rings. The summed E-state index contributed by atoms with van der Waals surface area (Å²) >= 11 is 0. The van der Waals surface area contributed by atoms with E-state index in [-0.39, 0.29) is 0 Å². The van der Waals surface area contributed by atoms with E-state index in [0.29, 0.717) is 11.8 Å². The minimum atomic E-state index is -2.49. The number of oxazole rings is 1. The Bertz CT molecular complexity index is 1540. The Labute approximate surface area is 229 Å². The van der Waals surface area contributed by atoms with Crippen LogP contribution in [0.5, 0.6) is 5.75 Å². The minimum Gasteiger partial charge on any atom is -0.497 e. The molecule has 39 heavy (non-hydrogen) atoms. The standard InChI is InChI=1S/C34H28N2O2P/c1-37-28-24-22-27(23-25-28)35-33-34(36-32(38-33)26-14-6-2-7-15-26)39(29-16-8-3-9-17-29,30-18-10-4-11-19-30)31-20-12-5-13-21-31/h2-25,35H,1H3/q+1. The van der Waals surface area contributed by atoms with E-state index in [4.69, 9.17) is 14.1 Å². The smallest absolute Gasteiger partial charge is 0.263 e. The van der Waals surface area contributed by atoms with Crippen molar-refractivity contribution in [1.29, 1.82) is 0 Å². The number of nitrogens with zero attached hydrogens (tertiary/aromatic N) is 1. The summed E-state index contributed by atoms with van der Waals surface area (Å²) in [5.41, 5.74) is 2.70. The highest BCUT2D eigenvalue weighted by Gasteiger charge is 2.53. The quantitative estimate of drug-likeness (QED) is 0.224. The number of nitrogens with one attached hydrogen (secondary N) is 1. The van der Waals surface area contributed by atoms with Crippen molar-refractivity contribution in [3.05, 3.63) is 146 Å². The molecule has 0 aliphatic carbocycles. The van der Waals surface area contributed by atoms with Gasteiger partial charge >= 0.3 is 0 Å². The number of ether oxygens (including phenoxy) is 1. The van der Waals surface area contributed by atoms with Gasteiger partial charge in [0.15, 0.2) is 7.26 Å². The van der Waals surface area contributed by atoms with Crippen molar-refractivity contribution in [2.75, 3.05) is 12.4 Å². The number of aromatic nitrogens is 1. The van der Waals surface area contributed by atoms with Crippen molar-refractivity contribution in [3.63, 3.8) is 0 Å². The van der Waals surface area contributed by atoms with Crippen molar-refractivity contribution in [3.8, 4) is 17.2 Å². The molecule has 0 amide bonds. The van der Waals surface area contributed by atoms with Gasteiger partial charge in [0.25, 0.3) is 11.3 Å². The third-order valence-electron chi connectivity index (χ3n) is 6.73. The lowest BCUT2D eigenvalue weighted by Crippen LogP contribution is -2.40. The van der Waals surface area contributed by atoms with Gasteiger partial charge < -0.3 is 14.5 Å². The highest BCUT2D eigenvalue weighted by molar-refractivity contribution is 8.01. The summed E-state index contributed by atoms with van der Waals surface area (Å²) in [5, 5.41) is 7.18. The molecule has 1 N–H and O–H groups in total. The molecule has 190 valence electrons. The van der Waals surface area contributed by atoms with Crippen molar-refractivity contribution < 1.29 is 9.15 Å². The zero-order valence-electron chi connectivity index (χ0n) is 21.6. The van der Waals surface area contributed by atoms with E-state index in [9.17, 15) is 0 Å². The molecular weight excluding hydrogens is 499 g/mol. The summed E-state index contributed by atoms with van der Waals surface area (Å²) < 4.78 is 12.0. The highest BCUT2D eigenvalue weighted by Crippen LogP contribution is 2.56. The van der Waals surface area contributed by atoms with E-state index >= 15 is 0 Å². The first-order valence-corrected chi connectivity index (χ1v) is 14.6. The van der Waals surface area contributed by atoms with Gasteiger partial charge in [-0.25, -0.2) is 0 Å². The fraction of sp³-hybridized carbons (Fsp3) is 0.0294. The second kappa shape index (κ2) is 11.0. The van der Waals surface area contributed by atoms with Gasteiger partial charge in [-0.3, -0.25) is 0 Å². The normalized spacial score (nSPS) is 11.2. The molecular formula is C34H28N2O2P+. The minimum absolute atomic E-state index is 0.578. The lowest BCUT2D eigenvalue weighted by molar-refractivity contribution is 0.415. The summed E-state index contributed by atoms with van der Waals surface area (Å²) in [5.74, 6) is 2.00. The summed E-state index contributed by atoms with van der Waals surface area (Å²) in [6, 6.07) is 50.0. The van der Waals surface area contributed by atoms with Crippen LogP contribution in [0.1, 0.15) is 0 Å². The predicted octanol–water partition coefficient (Wildman–Crippen LogP) is 6.71. The number of anilines is 2. The van der Waals surface area contributed by atoms with Crippen LogP contribution in [0, 0.1) is 0 Å². The molecule has 0 atom stereocenters. The first-order chi connectivity index (χ1) is 19.3. The largest absolute Gasteiger partial charge is 0.497 e. The molecule has 0 bridgehead atoms. The van der Waals surface area contributed by atoms with Gasteiger partial charge in [-0.2, -0.15) is 4.98 Å². The zero-order valence-corrected chi connectivity index (χ0v) is 22.5. The van der Waals surface area contributed by atoms with Gasteiger partial charge in [0.05, 0.1) is 7.11 Å². The Morgan fingerprint density at radius 3 is 1.51 bits per heavy atom. The average Bonchev–Trinajstić information content (AvgIpc) is 3.44. The van der Waals surface area contributed by atoms with Gasteiger partial charge in [0.1, 0.15) is 21.7 Å². The molecule has 1 aromatic heterocycles. The molecule has 0 radical (unpaired) electrons. The molecule has 1 heterocycles. The van der Waals surface area contributed by atoms with E-state index in [1.54, 1.807) is 7.11 Å². The first-order valence-electron chi connectivity index (χ1n) is 12.8. The number of hydrogen-bond donors (Lipinski definition) is 1. The lowest BCUT2D eigenvalue weighted by atomic mass is 10.2. The third kappa shape index (κ3) is 4.71. The third-order valence-corrected chi connectivity index (χ3v) is 10.9.